The molecule has 2 heterocycles. The van der Waals surface area contributed by atoms with Crippen LogP contribution in [0.25, 0.3) is 10.9 Å². The third-order valence-corrected chi connectivity index (χ3v) is 6.30. The zero-order valence-corrected chi connectivity index (χ0v) is 21.6. The second kappa shape index (κ2) is 12.5. The van der Waals surface area contributed by atoms with E-state index in [2.05, 4.69) is 21.4 Å². The molecule has 0 bridgehead atoms. The van der Waals surface area contributed by atoms with Crippen molar-refractivity contribution in [2.24, 2.45) is 0 Å². The molecule has 0 atom stereocenters. The number of H-pyrrole nitrogens is 1. The lowest BCUT2D eigenvalue weighted by molar-refractivity contribution is -0.120. The molecule has 0 aliphatic rings. The third-order valence-electron chi connectivity index (χ3n) is 6.30. The van der Waals surface area contributed by atoms with E-state index in [9.17, 15) is 4.79 Å². The highest BCUT2D eigenvalue weighted by Crippen LogP contribution is 2.26. The molecular formula is C29H32N6O3. The fourth-order valence-corrected chi connectivity index (χ4v) is 4.24. The number of amides is 1. The SMILES string of the molecule is COc1ccc(CN(C(=N)CCc2c[nH]c3ccccc23)C(=N)CNC(=O)Cc2ccccn2)c(OC)c1. The number of aromatic nitrogens is 2. The van der Waals surface area contributed by atoms with Gasteiger partial charge >= 0.3 is 0 Å². The van der Waals surface area contributed by atoms with Crippen LogP contribution >= 0.6 is 0 Å². The summed E-state index contributed by atoms with van der Waals surface area (Å²) in [5.41, 5.74) is 3.62. The van der Waals surface area contributed by atoms with Gasteiger partial charge in [0.2, 0.25) is 5.91 Å². The molecule has 0 radical (unpaired) electrons. The summed E-state index contributed by atoms with van der Waals surface area (Å²) in [6.45, 7) is 0.231. The first-order valence-corrected chi connectivity index (χ1v) is 12.3. The Bertz CT molecular complexity index is 1420. The van der Waals surface area contributed by atoms with Crippen LogP contribution in [0, 0.1) is 10.8 Å². The molecule has 1 amide bonds. The summed E-state index contributed by atoms with van der Waals surface area (Å²) in [4.78, 5) is 21.6. The Balaban J connectivity index is 1.48. The molecule has 4 rings (SSSR count). The number of rotatable bonds is 11. The molecule has 4 N–H and O–H groups in total. The van der Waals surface area contributed by atoms with Crippen LogP contribution in [0.15, 0.2) is 73.1 Å². The van der Waals surface area contributed by atoms with Crippen molar-refractivity contribution in [3.8, 4) is 11.5 Å². The van der Waals surface area contributed by atoms with Crippen molar-refractivity contribution in [2.75, 3.05) is 20.8 Å². The molecule has 38 heavy (non-hydrogen) atoms. The Morgan fingerprint density at radius 3 is 2.58 bits per heavy atom. The van der Waals surface area contributed by atoms with Crippen LogP contribution in [0.2, 0.25) is 0 Å². The Morgan fingerprint density at radius 2 is 1.82 bits per heavy atom. The lowest BCUT2D eigenvalue weighted by atomic mass is 10.1. The highest BCUT2D eigenvalue weighted by Gasteiger charge is 2.20. The van der Waals surface area contributed by atoms with Crippen LogP contribution in [0.4, 0.5) is 0 Å². The number of nitrogens with zero attached hydrogens (tertiary/aromatic N) is 2. The highest BCUT2D eigenvalue weighted by atomic mass is 16.5. The number of ether oxygens (including phenoxy) is 2. The van der Waals surface area contributed by atoms with Gasteiger partial charge in [-0.2, -0.15) is 0 Å². The summed E-state index contributed by atoms with van der Waals surface area (Å²) < 4.78 is 10.9. The van der Waals surface area contributed by atoms with E-state index < -0.39 is 0 Å². The molecule has 9 heteroatoms. The minimum atomic E-state index is -0.235. The van der Waals surface area contributed by atoms with E-state index in [1.807, 2.05) is 42.6 Å². The quantitative estimate of drug-likeness (QED) is 0.176. The number of hydrogen-bond acceptors (Lipinski definition) is 6. The van der Waals surface area contributed by atoms with Gasteiger partial charge in [-0.3, -0.25) is 20.6 Å². The standard InChI is InChI=1S/C29H32N6O3/c1-37-23-12-10-21(26(16-23)38-2)19-35(28(31)18-34-29(36)15-22-7-5-6-14-32-22)27(30)13-11-20-17-33-25-9-4-3-8-24(20)25/h3-10,12,14,16-17,30-31,33H,11,13,15,18-19H2,1-2H3,(H,34,36). The number of pyridine rings is 1. The molecule has 0 aliphatic heterocycles. The predicted molar refractivity (Wildman–Crippen MR) is 148 cm³/mol. The summed E-state index contributed by atoms with van der Waals surface area (Å²) >= 11 is 0. The molecule has 0 saturated heterocycles. The fraction of sp³-hybridized carbons (Fsp3) is 0.241. The van der Waals surface area contributed by atoms with Crippen LogP contribution in [-0.2, 0) is 24.2 Å². The molecular weight excluding hydrogens is 480 g/mol. The van der Waals surface area contributed by atoms with Crippen LogP contribution in [0.5, 0.6) is 11.5 Å². The van der Waals surface area contributed by atoms with Gasteiger partial charge in [-0.05, 0) is 42.3 Å². The fourth-order valence-electron chi connectivity index (χ4n) is 4.24. The minimum absolute atomic E-state index is 0.0143. The van der Waals surface area contributed by atoms with Gasteiger partial charge < -0.3 is 24.7 Å². The Kier molecular flexibility index (Phi) is 8.71. The number of benzene rings is 2. The monoisotopic (exact) mass is 512 g/mol. The van der Waals surface area contributed by atoms with Gasteiger partial charge in [0.1, 0.15) is 23.2 Å². The number of methoxy groups -OCH3 is 2. The second-order valence-electron chi connectivity index (χ2n) is 8.79. The molecule has 0 aliphatic carbocycles. The normalized spacial score (nSPS) is 10.7. The number of amidine groups is 2. The molecule has 2 aromatic carbocycles. The molecule has 4 aromatic rings. The van der Waals surface area contributed by atoms with E-state index in [1.54, 1.807) is 43.5 Å². The van der Waals surface area contributed by atoms with Crippen LogP contribution in [0.3, 0.4) is 0 Å². The van der Waals surface area contributed by atoms with Crippen LogP contribution in [0.1, 0.15) is 23.2 Å². The van der Waals surface area contributed by atoms with Crippen molar-refractivity contribution in [2.45, 2.75) is 25.8 Å². The molecule has 9 nitrogen and oxygen atoms in total. The van der Waals surface area contributed by atoms with Gasteiger partial charge in [-0.1, -0.05) is 24.3 Å². The van der Waals surface area contributed by atoms with Crippen molar-refractivity contribution in [1.29, 1.82) is 10.8 Å². The maximum atomic E-state index is 12.5. The average molecular weight is 513 g/mol. The topological polar surface area (TPSA) is 127 Å². The summed E-state index contributed by atoms with van der Waals surface area (Å²) in [5.74, 6) is 1.41. The minimum Gasteiger partial charge on any atom is -0.497 e. The van der Waals surface area contributed by atoms with Gasteiger partial charge in [0.15, 0.2) is 0 Å². The van der Waals surface area contributed by atoms with E-state index in [4.69, 9.17) is 20.3 Å². The number of carbonyl (C=O) groups is 1. The zero-order valence-electron chi connectivity index (χ0n) is 21.6. The van der Waals surface area contributed by atoms with Crippen LogP contribution < -0.4 is 14.8 Å². The van der Waals surface area contributed by atoms with Crippen molar-refractivity contribution in [1.82, 2.24) is 20.2 Å². The first kappa shape index (κ1) is 26.4. The first-order chi connectivity index (χ1) is 18.5. The summed E-state index contributed by atoms with van der Waals surface area (Å²) in [6, 6.07) is 18.9. The van der Waals surface area contributed by atoms with Gasteiger partial charge in [0, 0.05) is 47.0 Å². The number of fused-ring (bicyclic) bond motifs is 1. The maximum Gasteiger partial charge on any atom is 0.226 e. The van der Waals surface area contributed by atoms with E-state index in [0.717, 1.165) is 22.0 Å². The van der Waals surface area contributed by atoms with E-state index in [0.29, 0.717) is 30.0 Å². The zero-order chi connectivity index (χ0) is 26.9. The lowest BCUT2D eigenvalue weighted by Gasteiger charge is -2.27. The number of aryl methyl sites for hydroxylation is 1. The predicted octanol–water partition coefficient (Wildman–Crippen LogP) is 4.33. The molecule has 0 saturated carbocycles. The maximum absolute atomic E-state index is 12.5. The van der Waals surface area contributed by atoms with E-state index in [1.165, 1.54) is 0 Å². The number of nitrogens with one attached hydrogen (secondary N) is 4. The van der Waals surface area contributed by atoms with Gasteiger partial charge in [0.25, 0.3) is 0 Å². The van der Waals surface area contributed by atoms with Gasteiger partial charge in [0.05, 0.1) is 33.7 Å². The van der Waals surface area contributed by atoms with Gasteiger partial charge in [-0.25, -0.2) is 0 Å². The Hall–Kier alpha value is -4.66. The van der Waals surface area contributed by atoms with Crippen molar-refractivity contribution >= 4 is 28.5 Å². The Labute approximate surface area is 221 Å². The number of aromatic amines is 1. The smallest absolute Gasteiger partial charge is 0.226 e. The van der Waals surface area contributed by atoms with Crippen molar-refractivity contribution in [3.63, 3.8) is 0 Å². The van der Waals surface area contributed by atoms with E-state index in [-0.39, 0.29) is 37.1 Å². The number of hydrogen-bond donors (Lipinski definition) is 4. The molecule has 0 fully saturated rings. The largest absolute Gasteiger partial charge is 0.497 e. The summed E-state index contributed by atoms with van der Waals surface area (Å²) in [6.07, 6.45) is 4.79. The lowest BCUT2D eigenvalue weighted by Crippen LogP contribution is -2.43. The number of para-hydroxylation sites is 1. The van der Waals surface area contributed by atoms with Crippen molar-refractivity contribution in [3.05, 3.63) is 89.9 Å². The second-order valence-corrected chi connectivity index (χ2v) is 8.79. The highest BCUT2D eigenvalue weighted by molar-refractivity contribution is 6.00. The molecule has 0 spiro atoms. The first-order valence-electron chi connectivity index (χ1n) is 12.3. The summed E-state index contributed by atoms with van der Waals surface area (Å²) in [5, 5.41) is 21.6. The Morgan fingerprint density at radius 1 is 1.00 bits per heavy atom. The molecule has 0 unspecified atom stereocenters. The molecule has 2 aromatic heterocycles. The third kappa shape index (κ3) is 6.56. The average Bonchev–Trinajstić information content (AvgIpc) is 3.37. The molecule has 196 valence electrons. The van der Waals surface area contributed by atoms with E-state index >= 15 is 0 Å². The van der Waals surface area contributed by atoms with Crippen LogP contribution in [-0.4, -0.2) is 53.2 Å². The summed E-state index contributed by atoms with van der Waals surface area (Å²) in [7, 11) is 3.17. The van der Waals surface area contributed by atoms with Gasteiger partial charge in [-0.15, -0.1) is 0 Å². The number of carbonyl (C=O) groups excluding carboxylic acids is 1. The van der Waals surface area contributed by atoms with Crippen molar-refractivity contribution < 1.29 is 14.3 Å².